The van der Waals surface area contributed by atoms with Crippen molar-refractivity contribution in [3.63, 3.8) is 0 Å². The maximum absolute atomic E-state index is 14.0. The van der Waals surface area contributed by atoms with E-state index >= 15 is 0 Å². The third-order valence-electron chi connectivity index (χ3n) is 6.42. The van der Waals surface area contributed by atoms with Gasteiger partial charge in [-0.1, -0.05) is 18.6 Å². The molecule has 2 aliphatic rings. The van der Waals surface area contributed by atoms with Crippen LogP contribution in [0, 0.1) is 0 Å². The van der Waals surface area contributed by atoms with Crippen molar-refractivity contribution in [1.29, 1.82) is 0 Å². The molecule has 0 radical (unpaired) electrons. The van der Waals surface area contributed by atoms with Crippen LogP contribution in [0.2, 0.25) is 0 Å². The molecule has 1 aromatic carbocycles. The van der Waals surface area contributed by atoms with Crippen molar-refractivity contribution < 1.29 is 13.5 Å². The number of anilines is 2. The molecule has 182 valence electrons. The minimum Gasteiger partial charge on any atom is -0.378 e. The third kappa shape index (κ3) is 4.80. The van der Waals surface area contributed by atoms with Crippen molar-refractivity contribution in [2.45, 2.75) is 25.7 Å². The molecule has 3 aromatic rings. The highest BCUT2D eigenvalue weighted by Crippen LogP contribution is 2.28. The quantitative estimate of drug-likeness (QED) is 0.520. The molecule has 2 aromatic heterocycles. The summed E-state index contributed by atoms with van der Waals surface area (Å²) in [6.07, 6.45) is 0.976. The normalized spacial score (nSPS) is 17.6. The number of hydrogen-bond donors (Lipinski definition) is 0. The first-order chi connectivity index (χ1) is 16.6. The number of fused-ring (bicyclic) bond motifs is 1. The van der Waals surface area contributed by atoms with E-state index in [1.54, 1.807) is 24.3 Å². The molecule has 0 atom stereocenters. The number of morpholine rings is 1. The number of rotatable bonds is 7. The zero-order chi connectivity index (χ0) is 23.5. The molecule has 4 heterocycles. The lowest BCUT2D eigenvalue weighted by molar-refractivity contribution is 0.122. The monoisotopic (exact) mass is 472 g/mol. The average Bonchev–Trinajstić information content (AvgIpc) is 3.28. The lowest BCUT2D eigenvalue weighted by Crippen LogP contribution is -2.39. The van der Waals surface area contributed by atoms with Crippen molar-refractivity contribution >= 4 is 22.9 Å². The second-order valence-electron chi connectivity index (χ2n) is 8.75. The van der Waals surface area contributed by atoms with Gasteiger partial charge in [0.2, 0.25) is 17.8 Å². The van der Waals surface area contributed by atoms with E-state index in [0.29, 0.717) is 49.2 Å². The number of para-hydroxylation sites is 2. The number of benzene rings is 1. The summed E-state index contributed by atoms with van der Waals surface area (Å²) in [5.41, 5.74) is 1.02. The minimum absolute atomic E-state index is 0.153. The smallest absolute Gasteiger partial charge is 0.296 e. The van der Waals surface area contributed by atoms with Gasteiger partial charge in [0.25, 0.3) is 6.43 Å². The lowest BCUT2D eigenvalue weighted by Gasteiger charge is -2.30. The Labute approximate surface area is 197 Å². The summed E-state index contributed by atoms with van der Waals surface area (Å²) in [5, 5.41) is 0. The molecule has 0 saturated carbocycles. The van der Waals surface area contributed by atoms with Crippen molar-refractivity contribution in [3.05, 3.63) is 30.1 Å². The van der Waals surface area contributed by atoms with Crippen molar-refractivity contribution in [2.24, 2.45) is 0 Å². The highest BCUT2D eigenvalue weighted by Gasteiger charge is 2.25. The van der Waals surface area contributed by atoms with E-state index in [0.717, 1.165) is 26.2 Å². The van der Waals surface area contributed by atoms with Gasteiger partial charge < -0.3 is 19.4 Å². The first-order valence-electron chi connectivity index (χ1n) is 11.9. The van der Waals surface area contributed by atoms with E-state index in [1.807, 2.05) is 16.8 Å². The van der Waals surface area contributed by atoms with E-state index in [4.69, 9.17) is 9.72 Å². The van der Waals surface area contributed by atoms with Gasteiger partial charge in [-0.3, -0.25) is 4.57 Å². The van der Waals surface area contributed by atoms with E-state index in [2.05, 4.69) is 19.9 Å². The first kappa shape index (κ1) is 22.9. The number of piperidine rings is 1. The molecule has 0 bridgehead atoms. The Morgan fingerprint density at radius 1 is 0.941 bits per heavy atom. The van der Waals surface area contributed by atoms with Crippen LogP contribution in [0.3, 0.4) is 0 Å². The standard InChI is InChI=1S/C23H30F2N8O/c1-30(11-12-31-9-5-2-6-10-31)21-27-22(32-13-15-34-16-14-32)29-23(28-21)33-18-8-4-3-7-17(18)26-20(33)19(24)25/h3-4,7-8,19H,2,5-6,9-16H2,1H3. The Balaban J connectivity index is 1.53. The zero-order valence-electron chi connectivity index (χ0n) is 19.4. The largest absolute Gasteiger partial charge is 0.378 e. The number of nitrogens with zero attached hydrogens (tertiary/aromatic N) is 8. The van der Waals surface area contributed by atoms with Gasteiger partial charge in [-0.15, -0.1) is 0 Å². The first-order valence-corrected chi connectivity index (χ1v) is 11.9. The maximum atomic E-state index is 14.0. The second kappa shape index (κ2) is 10.1. The number of hydrogen-bond acceptors (Lipinski definition) is 8. The average molecular weight is 473 g/mol. The Morgan fingerprint density at radius 2 is 1.68 bits per heavy atom. The van der Waals surface area contributed by atoms with Gasteiger partial charge in [-0.25, -0.2) is 13.8 Å². The fraction of sp³-hybridized carbons (Fsp3) is 0.565. The highest BCUT2D eigenvalue weighted by molar-refractivity contribution is 5.77. The topological polar surface area (TPSA) is 75.4 Å². The van der Waals surface area contributed by atoms with Gasteiger partial charge in [-0.2, -0.15) is 15.0 Å². The van der Waals surface area contributed by atoms with Crippen LogP contribution in [0.5, 0.6) is 0 Å². The molecule has 2 aliphatic heterocycles. The number of imidazole rings is 1. The molecular weight excluding hydrogens is 442 g/mol. The fourth-order valence-corrected chi connectivity index (χ4v) is 4.49. The van der Waals surface area contributed by atoms with Gasteiger partial charge in [0.05, 0.1) is 24.2 Å². The molecule has 0 N–H and O–H groups in total. The molecule has 9 nitrogen and oxygen atoms in total. The van der Waals surface area contributed by atoms with E-state index in [1.165, 1.54) is 23.8 Å². The Hall–Kier alpha value is -2.92. The van der Waals surface area contributed by atoms with Gasteiger partial charge in [0.1, 0.15) is 0 Å². The molecule has 11 heteroatoms. The Morgan fingerprint density at radius 3 is 2.44 bits per heavy atom. The van der Waals surface area contributed by atoms with Crippen LogP contribution in [0.4, 0.5) is 20.7 Å². The van der Waals surface area contributed by atoms with Crippen LogP contribution in [0.15, 0.2) is 24.3 Å². The molecule has 0 aliphatic carbocycles. The number of ether oxygens (including phenoxy) is 1. The van der Waals surface area contributed by atoms with Gasteiger partial charge >= 0.3 is 0 Å². The summed E-state index contributed by atoms with van der Waals surface area (Å²) in [6.45, 7) is 6.25. The maximum Gasteiger partial charge on any atom is 0.296 e. The molecular formula is C23H30F2N8O. The number of halogens is 2. The van der Waals surface area contributed by atoms with Crippen molar-refractivity contribution in [2.75, 3.05) is 69.3 Å². The zero-order valence-corrected chi connectivity index (χ0v) is 19.4. The van der Waals surface area contributed by atoms with Crippen LogP contribution in [-0.4, -0.2) is 88.9 Å². The van der Waals surface area contributed by atoms with Crippen LogP contribution in [0.25, 0.3) is 17.0 Å². The van der Waals surface area contributed by atoms with Crippen LogP contribution < -0.4 is 9.80 Å². The van der Waals surface area contributed by atoms with E-state index < -0.39 is 6.43 Å². The number of alkyl halides is 2. The molecule has 0 amide bonds. The number of likely N-dealkylation sites (N-methyl/N-ethyl adjacent to an activating group) is 1. The van der Waals surface area contributed by atoms with Crippen LogP contribution in [0.1, 0.15) is 31.5 Å². The summed E-state index contributed by atoms with van der Waals surface area (Å²) >= 11 is 0. The summed E-state index contributed by atoms with van der Waals surface area (Å²) in [4.78, 5) is 24.6. The van der Waals surface area contributed by atoms with E-state index in [-0.39, 0.29) is 11.8 Å². The predicted octanol–water partition coefficient (Wildman–Crippen LogP) is 2.91. The fourth-order valence-electron chi connectivity index (χ4n) is 4.49. The van der Waals surface area contributed by atoms with Crippen LogP contribution in [-0.2, 0) is 4.74 Å². The SMILES string of the molecule is CN(CCN1CCCCC1)c1nc(N2CCOCC2)nc(-n2c(C(F)F)nc3ccccc32)n1. The molecule has 2 saturated heterocycles. The van der Waals surface area contributed by atoms with Gasteiger partial charge in [-0.05, 0) is 38.1 Å². The molecule has 0 spiro atoms. The summed E-state index contributed by atoms with van der Waals surface area (Å²) < 4.78 is 34.8. The summed E-state index contributed by atoms with van der Waals surface area (Å²) in [5.74, 6) is 0.704. The molecule has 5 rings (SSSR count). The van der Waals surface area contributed by atoms with Crippen molar-refractivity contribution in [3.8, 4) is 5.95 Å². The second-order valence-corrected chi connectivity index (χ2v) is 8.75. The third-order valence-corrected chi connectivity index (χ3v) is 6.42. The molecule has 0 unspecified atom stereocenters. The minimum atomic E-state index is -2.77. The van der Waals surface area contributed by atoms with E-state index in [9.17, 15) is 8.78 Å². The summed E-state index contributed by atoms with van der Waals surface area (Å²) in [7, 11) is 1.94. The molecule has 2 fully saturated rings. The van der Waals surface area contributed by atoms with Gasteiger partial charge in [0, 0.05) is 33.2 Å². The number of aromatic nitrogens is 5. The highest BCUT2D eigenvalue weighted by atomic mass is 19.3. The lowest BCUT2D eigenvalue weighted by atomic mass is 10.1. The molecule has 34 heavy (non-hydrogen) atoms. The Kier molecular flexibility index (Phi) is 6.82. The van der Waals surface area contributed by atoms with Crippen molar-refractivity contribution in [1.82, 2.24) is 29.4 Å². The Bertz CT molecular complexity index is 1110. The number of likely N-dealkylation sites (tertiary alicyclic amines) is 1. The van der Waals surface area contributed by atoms with Gasteiger partial charge in [0.15, 0.2) is 5.82 Å². The van der Waals surface area contributed by atoms with Crippen LogP contribution >= 0.6 is 0 Å². The predicted molar refractivity (Wildman–Crippen MR) is 126 cm³/mol. The summed E-state index contributed by atoms with van der Waals surface area (Å²) in [6, 6.07) is 7.05.